The third kappa shape index (κ3) is 2.07. The van der Waals surface area contributed by atoms with Crippen molar-refractivity contribution in [2.75, 3.05) is 7.11 Å². The van der Waals surface area contributed by atoms with Crippen LogP contribution >= 0.6 is 0 Å². The van der Waals surface area contributed by atoms with Crippen LogP contribution in [0.2, 0.25) is 0 Å². The maximum Gasteiger partial charge on any atom is 0.337 e. The molecule has 1 rings (SSSR count). The van der Waals surface area contributed by atoms with Gasteiger partial charge in [0.1, 0.15) is 0 Å². The summed E-state index contributed by atoms with van der Waals surface area (Å²) in [6.07, 6.45) is -1.78. The Morgan fingerprint density at radius 3 is 2.60 bits per heavy atom. The largest absolute Gasteiger partial charge is 0.493 e. The van der Waals surface area contributed by atoms with E-state index in [9.17, 15) is 14.3 Å². The van der Waals surface area contributed by atoms with Gasteiger partial charge in [0.15, 0.2) is 17.7 Å². The minimum absolute atomic E-state index is 0.0897. The Hall–Kier alpha value is -1.62. The number of carboxylic acids is 1. The second kappa shape index (κ2) is 4.27. The van der Waals surface area contributed by atoms with Gasteiger partial charge in [0.05, 0.1) is 7.11 Å². The van der Waals surface area contributed by atoms with Gasteiger partial charge in [-0.25, -0.2) is 9.18 Å². The number of aliphatic hydroxyl groups excluding tert-OH is 1. The molecule has 5 heteroatoms. The van der Waals surface area contributed by atoms with Crippen molar-refractivity contribution in [1.82, 2.24) is 0 Å². The number of methoxy groups -OCH3 is 1. The average molecular weight is 214 g/mol. The zero-order chi connectivity index (χ0) is 11.6. The highest BCUT2D eigenvalue weighted by Gasteiger charge is 2.23. The second-order valence-electron chi connectivity index (χ2n) is 3.06. The molecule has 1 atom stereocenters. The first-order valence-electron chi connectivity index (χ1n) is 4.23. The molecular weight excluding hydrogens is 203 g/mol. The van der Waals surface area contributed by atoms with Gasteiger partial charge < -0.3 is 14.9 Å². The molecule has 0 amide bonds. The number of halogens is 1. The molecule has 4 nitrogen and oxygen atoms in total. The highest BCUT2D eigenvalue weighted by atomic mass is 19.1. The van der Waals surface area contributed by atoms with E-state index in [0.29, 0.717) is 5.56 Å². The fourth-order valence-electron chi connectivity index (χ4n) is 1.23. The highest BCUT2D eigenvalue weighted by molar-refractivity contribution is 5.75. The lowest BCUT2D eigenvalue weighted by atomic mass is 10.1. The van der Waals surface area contributed by atoms with Crippen molar-refractivity contribution in [2.24, 2.45) is 0 Å². The Bertz CT molecular complexity index is 389. The molecule has 0 fully saturated rings. The maximum atomic E-state index is 13.5. The molecule has 1 aromatic carbocycles. The number of ether oxygens (including phenoxy) is 1. The summed E-state index contributed by atoms with van der Waals surface area (Å²) in [5.74, 6) is -2.34. The molecule has 0 aliphatic heterocycles. The van der Waals surface area contributed by atoms with Crippen LogP contribution in [0.25, 0.3) is 0 Å². The van der Waals surface area contributed by atoms with Crippen LogP contribution in [0, 0.1) is 12.7 Å². The summed E-state index contributed by atoms with van der Waals surface area (Å²) in [5, 5.41) is 17.9. The van der Waals surface area contributed by atoms with Gasteiger partial charge in [-0.05, 0) is 12.5 Å². The fourth-order valence-corrected chi connectivity index (χ4v) is 1.23. The van der Waals surface area contributed by atoms with Crippen molar-refractivity contribution in [1.29, 1.82) is 0 Å². The number of rotatable bonds is 3. The van der Waals surface area contributed by atoms with E-state index >= 15 is 0 Å². The fraction of sp³-hybridized carbons (Fsp3) is 0.300. The van der Waals surface area contributed by atoms with E-state index in [1.54, 1.807) is 0 Å². The van der Waals surface area contributed by atoms with Gasteiger partial charge in [0, 0.05) is 5.56 Å². The number of hydrogen-bond acceptors (Lipinski definition) is 3. The van der Waals surface area contributed by atoms with Crippen molar-refractivity contribution in [3.63, 3.8) is 0 Å². The van der Waals surface area contributed by atoms with E-state index in [0.717, 1.165) is 0 Å². The molecule has 0 saturated heterocycles. The molecule has 0 radical (unpaired) electrons. The Labute approximate surface area is 85.9 Å². The average Bonchev–Trinajstić information content (AvgIpc) is 2.20. The van der Waals surface area contributed by atoms with Crippen molar-refractivity contribution < 1.29 is 24.1 Å². The Kier molecular flexibility index (Phi) is 3.26. The van der Waals surface area contributed by atoms with Crippen LogP contribution in [0.5, 0.6) is 5.75 Å². The summed E-state index contributed by atoms with van der Waals surface area (Å²) in [5.41, 5.74) is 0.237. The molecule has 0 spiro atoms. The standard InChI is InChI=1S/C10H11FO4/c1-5-3-4-6(8(12)10(13)14)9(15-2)7(5)11/h3-4,8,12H,1-2H3,(H,13,14). The highest BCUT2D eigenvalue weighted by Crippen LogP contribution is 2.30. The number of aliphatic hydroxyl groups is 1. The van der Waals surface area contributed by atoms with Crippen LogP contribution < -0.4 is 4.74 Å². The quantitative estimate of drug-likeness (QED) is 0.794. The SMILES string of the molecule is COc1c(C(O)C(=O)O)ccc(C)c1F. The lowest BCUT2D eigenvalue weighted by Gasteiger charge is -2.13. The predicted molar refractivity (Wildman–Crippen MR) is 50.3 cm³/mol. The van der Waals surface area contributed by atoms with Crippen LogP contribution in [-0.4, -0.2) is 23.3 Å². The van der Waals surface area contributed by atoms with Crippen LogP contribution in [0.3, 0.4) is 0 Å². The molecule has 2 N–H and O–H groups in total. The Morgan fingerprint density at radius 1 is 1.53 bits per heavy atom. The zero-order valence-corrected chi connectivity index (χ0v) is 8.32. The molecule has 1 unspecified atom stereocenters. The molecular formula is C10H11FO4. The smallest absolute Gasteiger partial charge is 0.337 e. The van der Waals surface area contributed by atoms with E-state index in [2.05, 4.69) is 0 Å². The number of carboxylic acid groups (broad SMARTS) is 1. The molecule has 82 valence electrons. The van der Waals surface area contributed by atoms with Crippen molar-refractivity contribution in [3.05, 3.63) is 29.1 Å². The number of aryl methyl sites for hydroxylation is 1. The normalized spacial score (nSPS) is 12.3. The van der Waals surface area contributed by atoms with Crippen LogP contribution in [0.4, 0.5) is 4.39 Å². The van der Waals surface area contributed by atoms with E-state index in [1.165, 1.54) is 26.2 Å². The summed E-state index contributed by atoms with van der Waals surface area (Å²) in [6.45, 7) is 1.52. The van der Waals surface area contributed by atoms with E-state index < -0.39 is 17.9 Å². The van der Waals surface area contributed by atoms with Gasteiger partial charge in [0.25, 0.3) is 0 Å². The minimum atomic E-state index is -1.78. The predicted octanol–water partition coefficient (Wildman–Crippen LogP) is 1.26. The van der Waals surface area contributed by atoms with E-state index in [4.69, 9.17) is 9.84 Å². The van der Waals surface area contributed by atoms with Gasteiger partial charge in [-0.1, -0.05) is 12.1 Å². The maximum absolute atomic E-state index is 13.5. The molecule has 0 aliphatic carbocycles. The monoisotopic (exact) mass is 214 g/mol. The first-order valence-corrected chi connectivity index (χ1v) is 4.23. The number of hydrogen-bond donors (Lipinski definition) is 2. The third-order valence-corrected chi connectivity index (χ3v) is 2.05. The number of aliphatic carboxylic acids is 1. The van der Waals surface area contributed by atoms with Crippen molar-refractivity contribution in [2.45, 2.75) is 13.0 Å². The first-order chi connectivity index (χ1) is 6.99. The van der Waals surface area contributed by atoms with Gasteiger partial charge in [-0.3, -0.25) is 0 Å². The van der Waals surface area contributed by atoms with Crippen LogP contribution in [0.15, 0.2) is 12.1 Å². The number of carbonyl (C=O) groups is 1. The van der Waals surface area contributed by atoms with Crippen molar-refractivity contribution >= 4 is 5.97 Å². The lowest BCUT2D eigenvalue weighted by molar-refractivity contribution is -0.147. The number of benzene rings is 1. The molecule has 0 aliphatic rings. The lowest BCUT2D eigenvalue weighted by Crippen LogP contribution is -2.12. The van der Waals surface area contributed by atoms with Crippen molar-refractivity contribution in [3.8, 4) is 5.75 Å². The second-order valence-corrected chi connectivity index (χ2v) is 3.06. The summed E-state index contributed by atoms with van der Waals surface area (Å²) in [6, 6.07) is 2.72. The molecule has 0 bridgehead atoms. The van der Waals surface area contributed by atoms with Crippen LogP contribution in [-0.2, 0) is 4.79 Å². The third-order valence-electron chi connectivity index (χ3n) is 2.05. The zero-order valence-electron chi connectivity index (χ0n) is 8.32. The van der Waals surface area contributed by atoms with E-state index in [-0.39, 0.29) is 11.3 Å². The molecule has 0 aromatic heterocycles. The topological polar surface area (TPSA) is 66.8 Å². The molecule has 1 aromatic rings. The van der Waals surface area contributed by atoms with Gasteiger partial charge in [-0.15, -0.1) is 0 Å². The Balaban J connectivity index is 3.30. The minimum Gasteiger partial charge on any atom is -0.493 e. The van der Waals surface area contributed by atoms with Gasteiger partial charge >= 0.3 is 5.97 Å². The summed E-state index contributed by atoms with van der Waals surface area (Å²) >= 11 is 0. The summed E-state index contributed by atoms with van der Waals surface area (Å²) in [7, 11) is 1.22. The molecule has 0 saturated carbocycles. The summed E-state index contributed by atoms with van der Waals surface area (Å²) < 4.78 is 18.2. The molecule has 0 heterocycles. The van der Waals surface area contributed by atoms with Gasteiger partial charge in [-0.2, -0.15) is 0 Å². The Morgan fingerprint density at radius 2 is 2.13 bits per heavy atom. The first kappa shape index (κ1) is 11.5. The molecule has 15 heavy (non-hydrogen) atoms. The van der Waals surface area contributed by atoms with Gasteiger partial charge in [0.2, 0.25) is 0 Å². The summed E-state index contributed by atoms with van der Waals surface area (Å²) in [4.78, 5) is 10.5. The van der Waals surface area contributed by atoms with Crippen LogP contribution in [0.1, 0.15) is 17.2 Å². The van der Waals surface area contributed by atoms with E-state index in [1.807, 2.05) is 0 Å².